The number of hydrogen-bond acceptors (Lipinski definition) is 4. The summed E-state index contributed by atoms with van der Waals surface area (Å²) < 4.78 is 19.3. The number of esters is 1. The number of carbonyl (C=O) groups is 2. The fourth-order valence-corrected chi connectivity index (χ4v) is 2.56. The van der Waals surface area contributed by atoms with Crippen molar-refractivity contribution in [3.63, 3.8) is 0 Å². The first-order chi connectivity index (χ1) is 10.7. The summed E-state index contributed by atoms with van der Waals surface area (Å²) in [5.74, 6) is -0.833. The molecule has 128 valence electrons. The van der Waals surface area contributed by atoms with Gasteiger partial charge in [-0.25, -0.2) is 9.18 Å². The maximum absolute atomic E-state index is 14.2. The second-order valence-corrected chi connectivity index (χ2v) is 5.62. The summed E-state index contributed by atoms with van der Waals surface area (Å²) in [4.78, 5) is 24.5. The summed E-state index contributed by atoms with van der Waals surface area (Å²) in [6.45, 7) is 3.68. The summed E-state index contributed by atoms with van der Waals surface area (Å²) in [7, 11) is 0. The number of ether oxygens (including phenoxy) is 1. The van der Waals surface area contributed by atoms with Crippen molar-refractivity contribution in [3.05, 3.63) is 29.6 Å². The molecule has 2 rings (SSSR count). The molecule has 1 aliphatic heterocycles. The Kier molecular flexibility index (Phi) is 7.72. The van der Waals surface area contributed by atoms with Crippen LogP contribution in [-0.4, -0.2) is 32.0 Å². The van der Waals surface area contributed by atoms with Crippen LogP contribution in [0.3, 0.4) is 0 Å². The molecule has 4 nitrogen and oxygen atoms in total. The van der Waals surface area contributed by atoms with Gasteiger partial charge in [0.25, 0.3) is 0 Å². The molecule has 5 heteroatoms. The number of benzene rings is 1. The molecule has 0 bridgehead atoms. The van der Waals surface area contributed by atoms with Gasteiger partial charge in [-0.05, 0) is 37.5 Å². The van der Waals surface area contributed by atoms with E-state index in [1.165, 1.54) is 6.07 Å². The monoisotopic (exact) mass is 323 g/mol. The van der Waals surface area contributed by atoms with E-state index in [4.69, 9.17) is 4.74 Å². The quantitative estimate of drug-likeness (QED) is 0.453. The van der Waals surface area contributed by atoms with Gasteiger partial charge in [-0.15, -0.1) is 0 Å². The zero-order chi connectivity index (χ0) is 15.9. The van der Waals surface area contributed by atoms with E-state index in [0.717, 1.165) is 32.0 Å². The summed E-state index contributed by atoms with van der Waals surface area (Å²) in [5.41, 5.74) is 0.717. The number of anilines is 1. The van der Waals surface area contributed by atoms with Gasteiger partial charge < -0.3 is 14.4 Å². The van der Waals surface area contributed by atoms with E-state index >= 15 is 0 Å². The van der Waals surface area contributed by atoms with Crippen LogP contribution in [0.25, 0.3) is 0 Å². The molecule has 1 aromatic carbocycles. The summed E-state index contributed by atoms with van der Waals surface area (Å²) in [5, 5.41) is 0. The van der Waals surface area contributed by atoms with Crippen molar-refractivity contribution >= 4 is 17.9 Å². The van der Waals surface area contributed by atoms with E-state index < -0.39 is 11.8 Å². The van der Waals surface area contributed by atoms with Crippen molar-refractivity contribution in [1.82, 2.24) is 0 Å². The Hall–Kier alpha value is -1.91. The third-order valence-corrected chi connectivity index (χ3v) is 3.99. The maximum Gasteiger partial charge on any atom is 0.338 e. The number of piperidine rings is 1. The van der Waals surface area contributed by atoms with Crippen LogP contribution in [0.4, 0.5) is 10.1 Å². The fourth-order valence-electron chi connectivity index (χ4n) is 2.56. The lowest BCUT2D eigenvalue weighted by Gasteiger charge is -2.31. The lowest BCUT2D eigenvalue weighted by Crippen LogP contribution is -2.34. The Morgan fingerprint density at radius 1 is 1.39 bits per heavy atom. The third kappa shape index (κ3) is 5.05. The summed E-state index contributed by atoms with van der Waals surface area (Å²) >= 11 is 0. The minimum atomic E-state index is -0.487. The van der Waals surface area contributed by atoms with Crippen molar-refractivity contribution in [2.24, 2.45) is 5.92 Å². The van der Waals surface area contributed by atoms with Gasteiger partial charge in [-0.1, -0.05) is 20.8 Å². The van der Waals surface area contributed by atoms with Crippen LogP contribution < -0.4 is 4.90 Å². The molecule has 0 amide bonds. The standard InChI is InChI=1S/C17H22FNO3.CH4/c1-2-3-10-22-17(21)14-4-5-16(15(18)11-14)19-8-6-13(12-20)7-9-19;/h4-5,11-13H,2-3,6-10H2,1H3;1H4. The lowest BCUT2D eigenvalue weighted by molar-refractivity contribution is -0.111. The van der Waals surface area contributed by atoms with E-state index in [1.54, 1.807) is 12.1 Å². The highest BCUT2D eigenvalue weighted by Gasteiger charge is 2.21. The maximum atomic E-state index is 14.2. The zero-order valence-corrected chi connectivity index (χ0v) is 12.9. The van der Waals surface area contributed by atoms with E-state index in [2.05, 4.69) is 0 Å². The van der Waals surface area contributed by atoms with Gasteiger partial charge in [0.15, 0.2) is 0 Å². The molecule has 0 radical (unpaired) electrons. The van der Waals surface area contributed by atoms with Crippen molar-refractivity contribution in [3.8, 4) is 0 Å². The molecule has 1 aromatic rings. The molecule has 0 N–H and O–H groups in total. The van der Waals surface area contributed by atoms with Gasteiger partial charge in [0.05, 0.1) is 17.9 Å². The first-order valence-electron chi connectivity index (χ1n) is 7.82. The second-order valence-electron chi connectivity index (χ2n) is 5.62. The minimum absolute atomic E-state index is 0. The van der Waals surface area contributed by atoms with Gasteiger partial charge in [0.2, 0.25) is 0 Å². The van der Waals surface area contributed by atoms with Gasteiger partial charge in [0, 0.05) is 19.0 Å². The first-order valence-corrected chi connectivity index (χ1v) is 7.82. The first kappa shape index (κ1) is 19.1. The number of carbonyl (C=O) groups excluding carboxylic acids is 2. The minimum Gasteiger partial charge on any atom is -0.462 e. The van der Waals surface area contributed by atoms with Gasteiger partial charge >= 0.3 is 5.97 Å². The van der Waals surface area contributed by atoms with Crippen molar-refractivity contribution in [2.45, 2.75) is 40.0 Å². The smallest absolute Gasteiger partial charge is 0.338 e. The van der Waals surface area contributed by atoms with Crippen molar-refractivity contribution < 1.29 is 18.7 Å². The Morgan fingerprint density at radius 2 is 2.09 bits per heavy atom. The summed E-state index contributed by atoms with van der Waals surface area (Å²) in [6, 6.07) is 4.45. The lowest BCUT2D eigenvalue weighted by atomic mass is 9.98. The van der Waals surface area contributed by atoms with Crippen LogP contribution in [0.1, 0.15) is 50.4 Å². The van der Waals surface area contributed by atoms with Crippen LogP contribution >= 0.6 is 0 Å². The molecule has 0 spiro atoms. The molecule has 1 aliphatic rings. The zero-order valence-electron chi connectivity index (χ0n) is 12.9. The van der Waals surface area contributed by atoms with Crippen LogP contribution in [0.15, 0.2) is 18.2 Å². The molecule has 1 saturated heterocycles. The molecule has 1 fully saturated rings. The third-order valence-electron chi connectivity index (χ3n) is 3.99. The van der Waals surface area contributed by atoms with Crippen LogP contribution in [-0.2, 0) is 9.53 Å². The fraction of sp³-hybridized carbons (Fsp3) is 0.556. The highest BCUT2D eigenvalue weighted by atomic mass is 19.1. The Labute approximate surface area is 137 Å². The normalized spacial score (nSPS) is 15.0. The number of unbranched alkanes of at least 4 members (excludes halogenated alkanes) is 1. The molecule has 0 atom stereocenters. The van der Waals surface area contributed by atoms with Crippen LogP contribution in [0.5, 0.6) is 0 Å². The number of hydrogen-bond donors (Lipinski definition) is 0. The topological polar surface area (TPSA) is 46.6 Å². The Bertz CT molecular complexity index is 525. The molecule has 0 unspecified atom stereocenters. The second kappa shape index (κ2) is 9.28. The van der Waals surface area contributed by atoms with Crippen molar-refractivity contribution in [2.75, 3.05) is 24.6 Å². The van der Waals surface area contributed by atoms with E-state index in [1.807, 2.05) is 11.8 Å². The predicted octanol–water partition coefficient (Wildman–Crippen LogP) is 3.83. The van der Waals surface area contributed by atoms with E-state index in [0.29, 0.717) is 25.4 Å². The number of rotatable bonds is 6. The average molecular weight is 323 g/mol. The Morgan fingerprint density at radius 3 is 2.65 bits per heavy atom. The van der Waals surface area contributed by atoms with Gasteiger partial charge in [-0.2, -0.15) is 0 Å². The largest absolute Gasteiger partial charge is 0.462 e. The highest BCUT2D eigenvalue weighted by molar-refractivity contribution is 5.89. The molecule has 23 heavy (non-hydrogen) atoms. The van der Waals surface area contributed by atoms with E-state index in [9.17, 15) is 14.0 Å². The van der Waals surface area contributed by atoms with Gasteiger partial charge in [-0.3, -0.25) is 0 Å². The SMILES string of the molecule is C.CCCCOC(=O)c1ccc(N2CCC(C=O)CC2)c(F)c1. The molecule has 0 aromatic heterocycles. The van der Waals surface area contributed by atoms with E-state index in [-0.39, 0.29) is 18.9 Å². The Balaban J connectivity index is 0.00000264. The summed E-state index contributed by atoms with van der Waals surface area (Å²) in [6.07, 6.45) is 4.20. The number of aldehydes is 1. The van der Waals surface area contributed by atoms with Crippen LogP contribution in [0, 0.1) is 11.7 Å². The molecular weight excluding hydrogens is 297 g/mol. The highest BCUT2D eigenvalue weighted by Crippen LogP contribution is 2.26. The molecular formula is C18H26FNO3. The molecule has 0 saturated carbocycles. The molecule has 1 heterocycles. The predicted molar refractivity (Wildman–Crippen MR) is 89.3 cm³/mol. The average Bonchev–Trinajstić information content (AvgIpc) is 2.55. The molecule has 0 aliphatic carbocycles. The number of nitrogens with zero attached hydrogens (tertiary/aromatic N) is 1. The van der Waals surface area contributed by atoms with Crippen LogP contribution in [0.2, 0.25) is 0 Å². The number of halogens is 1. The van der Waals surface area contributed by atoms with Gasteiger partial charge in [0.1, 0.15) is 12.1 Å². The van der Waals surface area contributed by atoms with Crippen molar-refractivity contribution in [1.29, 1.82) is 0 Å².